The van der Waals surface area contributed by atoms with Crippen molar-refractivity contribution in [3.8, 4) is 0 Å². The Morgan fingerprint density at radius 1 is 1.36 bits per heavy atom. The molecule has 1 heterocycles. The van der Waals surface area contributed by atoms with Crippen molar-refractivity contribution in [1.29, 1.82) is 0 Å². The zero-order chi connectivity index (χ0) is 9.97. The van der Waals surface area contributed by atoms with Crippen LogP contribution in [-0.2, 0) is 0 Å². The molecular weight excluding hydrogens is 190 g/mol. The average Bonchev–Trinajstić information content (AvgIpc) is 2.51. The van der Waals surface area contributed by atoms with Crippen molar-refractivity contribution < 1.29 is 0 Å². The molecule has 0 spiro atoms. The summed E-state index contributed by atoms with van der Waals surface area (Å²) in [6.07, 6.45) is 2.46. The lowest BCUT2D eigenvalue weighted by Crippen LogP contribution is -2.17. The molecule has 0 amide bonds. The first-order valence-corrected chi connectivity index (χ1v) is 5.88. The van der Waals surface area contributed by atoms with Crippen LogP contribution >= 0.6 is 11.8 Å². The Bertz CT molecular complexity index is 346. The van der Waals surface area contributed by atoms with Gasteiger partial charge in [0.2, 0.25) is 0 Å². The summed E-state index contributed by atoms with van der Waals surface area (Å²) in [6, 6.07) is 8.52. The van der Waals surface area contributed by atoms with Gasteiger partial charge in [-0.1, -0.05) is 43.8 Å². The number of unbranched alkanes of at least 4 members (excludes halogenated alkanes) is 1. The van der Waals surface area contributed by atoms with Gasteiger partial charge in [0.25, 0.3) is 0 Å². The second-order valence-corrected chi connectivity index (χ2v) is 4.58. The number of thioether (sulfide) groups is 1. The molecule has 1 nitrogen and oxygen atoms in total. The van der Waals surface area contributed by atoms with Gasteiger partial charge in [-0.3, -0.25) is 0 Å². The largest absolute Gasteiger partial charge is 0.336 e. The van der Waals surface area contributed by atoms with Crippen LogP contribution in [0.5, 0.6) is 0 Å². The summed E-state index contributed by atoms with van der Waals surface area (Å²) in [5.74, 6) is 0. The quantitative estimate of drug-likeness (QED) is 0.737. The minimum absolute atomic E-state index is 1.10. The topological polar surface area (TPSA) is 3.24 Å². The van der Waals surface area contributed by atoms with E-state index in [9.17, 15) is 0 Å². The Morgan fingerprint density at radius 2 is 2.14 bits per heavy atom. The highest BCUT2D eigenvalue weighted by Gasteiger charge is 2.21. The standard InChI is InChI=1S/C12H15NS/c1-3-4-9-13-10(2)14-12-8-6-5-7-11(12)13/h5-8H,2-4,9H2,1H3. The van der Waals surface area contributed by atoms with Gasteiger partial charge in [0.1, 0.15) is 0 Å². The van der Waals surface area contributed by atoms with Gasteiger partial charge < -0.3 is 4.90 Å². The van der Waals surface area contributed by atoms with Crippen molar-refractivity contribution in [2.45, 2.75) is 24.7 Å². The average molecular weight is 205 g/mol. The number of anilines is 1. The maximum atomic E-state index is 4.09. The molecule has 2 heteroatoms. The van der Waals surface area contributed by atoms with E-state index in [2.05, 4.69) is 42.7 Å². The zero-order valence-corrected chi connectivity index (χ0v) is 9.31. The molecule has 0 radical (unpaired) electrons. The first kappa shape index (κ1) is 9.66. The molecule has 74 valence electrons. The number of hydrogen-bond donors (Lipinski definition) is 0. The molecule has 14 heavy (non-hydrogen) atoms. The van der Waals surface area contributed by atoms with Crippen molar-refractivity contribution in [3.63, 3.8) is 0 Å². The van der Waals surface area contributed by atoms with Crippen LogP contribution in [0.15, 0.2) is 40.8 Å². The summed E-state index contributed by atoms with van der Waals surface area (Å²) in [6.45, 7) is 7.41. The number of nitrogens with zero attached hydrogens (tertiary/aromatic N) is 1. The summed E-state index contributed by atoms with van der Waals surface area (Å²) < 4.78 is 0. The monoisotopic (exact) mass is 205 g/mol. The highest BCUT2D eigenvalue weighted by molar-refractivity contribution is 8.03. The van der Waals surface area contributed by atoms with Gasteiger partial charge in [-0.25, -0.2) is 0 Å². The molecule has 1 aromatic rings. The van der Waals surface area contributed by atoms with E-state index in [1.807, 2.05) is 0 Å². The van der Waals surface area contributed by atoms with Crippen LogP contribution in [0.4, 0.5) is 5.69 Å². The Kier molecular flexibility index (Phi) is 2.82. The molecule has 0 atom stereocenters. The second kappa shape index (κ2) is 4.09. The van der Waals surface area contributed by atoms with Crippen molar-refractivity contribution in [2.75, 3.05) is 11.4 Å². The third kappa shape index (κ3) is 1.67. The first-order chi connectivity index (χ1) is 6.83. The molecular formula is C12H15NS. The van der Waals surface area contributed by atoms with E-state index in [1.165, 1.54) is 28.5 Å². The minimum atomic E-state index is 1.10. The molecule has 1 aromatic carbocycles. The van der Waals surface area contributed by atoms with E-state index in [4.69, 9.17) is 0 Å². The minimum Gasteiger partial charge on any atom is -0.336 e. The third-order valence-electron chi connectivity index (χ3n) is 2.42. The lowest BCUT2D eigenvalue weighted by molar-refractivity contribution is 0.780. The maximum Gasteiger partial charge on any atom is 0.0728 e. The molecule has 1 aliphatic heterocycles. The smallest absolute Gasteiger partial charge is 0.0728 e. The Hall–Kier alpha value is -0.890. The first-order valence-electron chi connectivity index (χ1n) is 5.06. The van der Waals surface area contributed by atoms with Gasteiger partial charge in [-0.15, -0.1) is 0 Å². The highest BCUT2D eigenvalue weighted by Crippen LogP contribution is 2.44. The Labute approximate surface area is 89.8 Å². The molecule has 0 fully saturated rings. The SMILES string of the molecule is C=C1Sc2ccccc2N1CCCC. The van der Waals surface area contributed by atoms with Crippen molar-refractivity contribution in [3.05, 3.63) is 35.9 Å². The number of benzene rings is 1. The Balaban J connectivity index is 2.21. The molecule has 0 aromatic heterocycles. The van der Waals surface area contributed by atoms with Crippen LogP contribution in [-0.4, -0.2) is 6.54 Å². The number of rotatable bonds is 3. The Morgan fingerprint density at radius 3 is 2.93 bits per heavy atom. The van der Waals surface area contributed by atoms with Gasteiger partial charge in [-0.2, -0.15) is 0 Å². The fourth-order valence-electron chi connectivity index (χ4n) is 1.64. The summed E-state index contributed by atoms with van der Waals surface area (Å²) >= 11 is 1.78. The third-order valence-corrected chi connectivity index (χ3v) is 3.44. The summed E-state index contributed by atoms with van der Waals surface area (Å²) in [5.41, 5.74) is 1.33. The number of para-hydroxylation sites is 1. The summed E-state index contributed by atoms with van der Waals surface area (Å²) in [4.78, 5) is 3.66. The predicted octanol–water partition coefficient (Wildman–Crippen LogP) is 3.87. The molecule has 0 aliphatic carbocycles. The molecule has 0 bridgehead atoms. The highest BCUT2D eigenvalue weighted by atomic mass is 32.2. The van der Waals surface area contributed by atoms with E-state index in [0.717, 1.165) is 6.54 Å². The van der Waals surface area contributed by atoms with Gasteiger partial charge in [0, 0.05) is 11.4 Å². The van der Waals surface area contributed by atoms with Crippen molar-refractivity contribution >= 4 is 17.4 Å². The normalized spacial score (nSPS) is 14.6. The van der Waals surface area contributed by atoms with E-state index in [-0.39, 0.29) is 0 Å². The maximum absolute atomic E-state index is 4.09. The fraction of sp³-hybridized carbons (Fsp3) is 0.333. The zero-order valence-electron chi connectivity index (χ0n) is 8.49. The van der Waals surface area contributed by atoms with E-state index < -0.39 is 0 Å². The van der Waals surface area contributed by atoms with Crippen LogP contribution in [0, 0.1) is 0 Å². The summed E-state index contributed by atoms with van der Waals surface area (Å²) in [7, 11) is 0. The lowest BCUT2D eigenvalue weighted by atomic mass is 10.2. The van der Waals surface area contributed by atoms with Crippen LogP contribution in [0.3, 0.4) is 0 Å². The lowest BCUT2D eigenvalue weighted by Gasteiger charge is -2.18. The van der Waals surface area contributed by atoms with Crippen LogP contribution in [0.1, 0.15) is 19.8 Å². The van der Waals surface area contributed by atoms with Gasteiger partial charge in [0.05, 0.1) is 10.7 Å². The molecule has 0 saturated carbocycles. The van der Waals surface area contributed by atoms with Gasteiger partial charge >= 0.3 is 0 Å². The van der Waals surface area contributed by atoms with Crippen molar-refractivity contribution in [2.24, 2.45) is 0 Å². The number of hydrogen-bond acceptors (Lipinski definition) is 2. The molecule has 2 rings (SSSR count). The molecule has 0 N–H and O–H groups in total. The molecule has 0 unspecified atom stereocenters. The van der Waals surface area contributed by atoms with E-state index >= 15 is 0 Å². The van der Waals surface area contributed by atoms with Gasteiger partial charge in [-0.05, 0) is 18.6 Å². The van der Waals surface area contributed by atoms with E-state index in [0.29, 0.717) is 0 Å². The van der Waals surface area contributed by atoms with Crippen molar-refractivity contribution in [1.82, 2.24) is 0 Å². The number of fused-ring (bicyclic) bond motifs is 1. The van der Waals surface area contributed by atoms with Gasteiger partial charge in [0.15, 0.2) is 0 Å². The molecule has 1 aliphatic rings. The second-order valence-electron chi connectivity index (χ2n) is 3.47. The van der Waals surface area contributed by atoms with E-state index in [1.54, 1.807) is 11.8 Å². The molecule has 0 saturated heterocycles. The summed E-state index contributed by atoms with van der Waals surface area (Å²) in [5, 5.41) is 1.17. The van der Waals surface area contributed by atoms with Crippen LogP contribution in [0.2, 0.25) is 0 Å². The predicted molar refractivity (Wildman–Crippen MR) is 63.7 cm³/mol. The van der Waals surface area contributed by atoms with Crippen LogP contribution in [0.25, 0.3) is 0 Å². The van der Waals surface area contributed by atoms with Crippen LogP contribution < -0.4 is 4.90 Å². The fourth-order valence-corrected chi connectivity index (χ4v) is 2.63.